The van der Waals surface area contributed by atoms with Gasteiger partial charge < -0.3 is 0 Å². The first-order chi connectivity index (χ1) is 14.7. The molecule has 0 saturated carbocycles. The van der Waals surface area contributed by atoms with E-state index >= 15 is 0 Å². The van der Waals surface area contributed by atoms with Gasteiger partial charge in [-0.05, 0) is 13.0 Å². The van der Waals surface area contributed by atoms with Crippen LogP contribution in [0.5, 0.6) is 0 Å². The Kier molecular flexibility index (Phi) is 6.05. The second-order valence-electron chi connectivity index (χ2n) is 6.35. The summed E-state index contributed by atoms with van der Waals surface area (Å²) >= 11 is 1.23. The molecule has 0 radical (unpaired) electrons. The standard InChI is InChI=1S/C22H18N6OS/c1-15(20(29)26-21-23-13-8-14-24-21)30-22-25-18(16-9-4-2-5-10-16)19(27-28-22)17-11-6-3-7-12-17/h2-15H,1H3,(H,23,24,26,29). The van der Waals surface area contributed by atoms with Crippen molar-refractivity contribution in [1.82, 2.24) is 25.1 Å². The zero-order chi connectivity index (χ0) is 20.8. The number of nitrogens with one attached hydrogen (secondary N) is 1. The summed E-state index contributed by atoms with van der Waals surface area (Å²) in [6.07, 6.45) is 3.14. The molecule has 7 nitrogen and oxygen atoms in total. The molecule has 1 atom stereocenters. The summed E-state index contributed by atoms with van der Waals surface area (Å²) in [5, 5.41) is 11.3. The molecule has 4 rings (SSSR count). The van der Waals surface area contributed by atoms with Crippen LogP contribution in [0.2, 0.25) is 0 Å². The number of benzene rings is 2. The summed E-state index contributed by atoms with van der Waals surface area (Å²) in [6.45, 7) is 1.78. The maximum atomic E-state index is 12.5. The van der Waals surface area contributed by atoms with Gasteiger partial charge in [0.05, 0.1) is 5.25 Å². The zero-order valence-electron chi connectivity index (χ0n) is 16.1. The number of hydrogen-bond donors (Lipinski definition) is 1. The van der Waals surface area contributed by atoms with E-state index in [1.807, 2.05) is 60.7 Å². The Morgan fingerprint density at radius 2 is 1.43 bits per heavy atom. The fourth-order valence-corrected chi connectivity index (χ4v) is 3.45. The van der Waals surface area contributed by atoms with Crippen molar-refractivity contribution in [2.75, 3.05) is 5.32 Å². The quantitative estimate of drug-likeness (QED) is 0.474. The van der Waals surface area contributed by atoms with Crippen LogP contribution in [0.25, 0.3) is 22.5 Å². The molecule has 0 saturated heterocycles. The Morgan fingerprint density at radius 3 is 2.07 bits per heavy atom. The van der Waals surface area contributed by atoms with Gasteiger partial charge in [-0.1, -0.05) is 72.4 Å². The third-order valence-electron chi connectivity index (χ3n) is 4.21. The SMILES string of the molecule is CC(Sc1nnc(-c2ccccc2)c(-c2ccccc2)n1)C(=O)Nc1ncccn1. The van der Waals surface area contributed by atoms with Crippen LogP contribution in [0, 0.1) is 0 Å². The molecule has 1 unspecified atom stereocenters. The van der Waals surface area contributed by atoms with Crippen LogP contribution in [0.15, 0.2) is 84.3 Å². The van der Waals surface area contributed by atoms with Gasteiger partial charge in [0, 0.05) is 23.5 Å². The van der Waals surface area contributed by atoms with Crippen molar-refractivity contribution >= 4 is 23.6 Å². The van der Waals surface area contributed by atoms with Crippen molar-refractivity contribution in [3.63, 3.8) is 0 Å². The van der Waals surface area contributed by atoms with Crippen molar-refractivity contribution in [2.24, 2.45) is 0 Å². The lowest BCUT2D eigenvalue weighted by Gasteiger charge is -2.12. The van der Waals surface area contributed by atoms with Crippen molar-refractivity contribution in [1.29, 1.82) is 0 Å². The van der Waals surface area contributed by atoms with Crippen molar-refractivity contribution in [2.45, 2.75) is 17.3 Å². The summed E-state index contributed by atoms with van der Waals surface area (Å²) < 4.78 is 0. The van der Waals surface area contributed by atoms with Crippen LogP contribution in [0.4, 0.5) is 5.95 Å². The first kappa shape index (κ1) is 19.7. The van der Waals surface area contributed by atoms with E-state index in [9.17, 15) is 4.79 Å². The van der Waals surface area contributed by atoms with E-state index in [0.717, 1.165) is 16.8 Å². The topological polar surface area (TPSA) is 93.5 Å². The number of carbonyl (C=O) groups excluding carboxylic acids is 1. The van der Waals surface area contributed by atoms with Gasteiger partial charge in [-0.25, -0.2) is 15.0 Å². The molecule has 0 bridgehead atoms. The van der Waals surface area contributed by atoms with Crippen molar-refractivity contribution in [3.8, 4) is 22.5 Å². The zero-order valence-corrected chi connectivity index (χ0v) is 17.0. The maximum Gasteiger partial charge on any atom is 0.240 e. The number of amides is 1. The highest BCUT2D eigenvalue weighted by atomic mass is 32.2. The Morgan fingerprint density at radius 1 is 0.833 bits per heavy atom. The summed E-state index contributed by atoms with van der Waals surface area (Å²) in [7, 11) is 0. The number of thioether (sulfide) groups is 1. The lowest BCUT2D eigenvalue weighted by Crippen LogP contribution is -2.23. The van der Waals surface area contributed by atoms with Crippen LogP contribution in [-0.2, 0) is 4.79 Å². The Hall–Kier alpha value is -3.65. The predicted octanol–water partition coefficient (Wildman–Crippen LogP) is 4.11. The van der Waals surface area contributed by atoms with Crippen LogP contribution in [0.1, 0.15) is 6.92 Å². The molecule has 2 aromatic carbocycles. The Bertz CT molecular complexity index is 1130. The van der Waals surface area contributed by atoms with Crippen molar-refractivity contribution < 1.29 is 4.79 Å². The molecular weight excluding hydrogens is 396 g/mol. The van der Waals surface area contributed by atoms with Gasteiger partial charge in [-0.15, -0.1) is 10.2 Å². The fourth-order valence-electron chi connectivity index (χ4n) is 2.74. The highest BCUT2D eigenvalue weighted by molar-refractivity contribution is 8.00. The van der Waals surface area contributed by atoms with E-state index in [-0.39, 0.29) is 11.9 Å². The molecule has 2 heterocycles. The molecule has 0 spiro atoms. The number of aromatic nitrogens is 5. The summed E-state index contributed by atoms with van der Waals surface area (Å²) in [6, 6.07) is 21.3. The maximum absolute atomic E-state index is 12.5. The van der Waals surface area contributed by atoms with Gasteiger partial charge >= 0.3 is 0 Å². The third-order valence-corrected chi connectivity index (χ3v) is 5.17. The highest BCUT2D eigenvalue weighted by Gasteiger charge is 2.20. The normalized spacial score (nSPS) is 11.6. The monoisotopic (exact) mass is 414 g/mol. The van der Waals surface area contributed by atoms with Crippen LogP contribution in [0.3, 0.4) is 0 Å². The average Bonchev–Trinajstić information content (AvgIpc) is 2.81. The van der Waals surface area contributed by atoms with Gasteiger partial charge in [-0.3, -0.25) is 10.1 Å². The van der Waals surface area contributed by atoms with Gasteiger partial charge in [0.2, 0.25) is 17.0 Å². The number of rotatable bonds is 6. The molecular formula is C22H18N6OS. The van der Waals surface area contributed by atoms with E-state index in [0.29, 0.717) is 10.9 Å². The van der Waals surface area contributed by atoms with Crippen molar-refractivity contribution in [3.05, 3.63) is 79.1 Å². The molecule has 148 valence electrons. The molecule has 30 heavy (non-hydrogen) atoms. The van der Waals surface area contributed by atoms with Crippen LogP contribution < -0.4 is 5.32 Å². The molecule has 8 heteroatoms. The number of carbonyl (C=O) groups is 1. The molecule has 0 aliphatic heterocycles. The number of nitrogens with zero attached hydrogens (tertiary/aromatic N) is 5. The largest absolute Gasteiger partial charge is 0.294 e. The smallest absolute Gasteiger partial charge is 0.240 e. The third kappa shape index (κ3) is 4.66. The predicted molar refractivity (Wildman–Crippen MR) is 117 cm³/mol. The van der Waals surface area contributed by atoms with Gasteiger partial charge in [-0.2, -0.15) is 0 Å². The summed E-state index contributed by atoms with van der Waals surface area (Å²) in [5.74, 6) is 0.0293. The summed E-state index contributed by atoms with van der Waals surface area (Å²) in [4.78, 5) is 25.2. The summed E-state index contributed by atoms with van der Waals surface area (Å²) in [5.41, 5.74) is 3.28. The highest BCUT2D eigenvalue weighted by Crippen LogP contribution is 2.30. The minimum Gasteiger partial charge on any atom is -0.294 e. The minimum absolute atomic E-state index is 0.233. The Labute approximate surface area is 178 Å². The fraction of sp³-hybridized carbons (Fsp3) is 0.0909. The molecule has 4 aromatic rings. The van der Waals surface area contributed by atoms with E-state index in [1.165, 1.54) is 11.8 Å². The average molecular weight is 414 g/mol. The molecule has 1 N–H and O–H groups in total. The van der Waals surface area contributed by atoms with E-state index in [2.05, 4.69) is 25.5 Å². The van der Waals surface area contributed by atoms with Crippen LogP contribution in [-0.4, -0.2) is 36.3 Å². The lowest BCUT2D eigenvalue weighted by molar-refractivity contribution is -0.115. The first-order valence-electron chi connectivity index (χ1n) is 9.31. The van der Waals surface area contributed by atoms with Gasteiger partial charge in [0.1, 0.15) is 11.4 Å². The molecule has 0 fully saturated rings. The molecule has 1 amide bonds. The lowest BCUT2D eigenvalue weighted by atomic mass is 10.0. The molecule has 0 aliphatic carbocycles. The minimum atomic E-state index is -0.457. The molecule has 0 aliphatic rings. The van der Waals surface area contributed by atoms with Gasteiger partial charge in [0.15, 0.2) is 0 Å². The number of hydrogen-bond acceptors (Lipinski definition) is 7. The second kappa shape index (κ2) is 9.23. The van der Waals surface area contributed by atoms with Gasteiger partial charge in [0.25, 0.3) is 0 Å². The number of anilines is 1. The first-order valence-corrected chi connectivity index (χ1v) is 10.2. The van der Waals surface area contributed by atoms with E-state index in [4.69, 9.17) is 4.98 Å². The van der Waals surface area contributed by atoms with Crippen LogP contribution >= 0.6 is 11.8 Å². The second-order valence-corrected chi connectivity index (χ2v) is 7.65. The van der Waals surface area contributed by atoms with E-state index in [1.54, 1.807) is 25.4 Å². The van der Waals surface area contributed by atoms with E-state index < -0.39 is 5.25 Å². The molecule has 2 aromatic heterocycles. The Balaban J connectivity index is 1.61.